The molecule has 1 heterocycles. The monoisotopic (exact) mass is 258 g/mol. The lowest BCUT2D eigenvalue weighted by Gasteiger charge is -2.08. The molecule has 0 fully saturated rings. The second-order valence-corrected chi connectivity index (χ2v) is 6.19. The van der Waals surface area contributed by atoms with Crippen LogP contribution < -0.4 is 0 Å². The Labute approximate surface area is 105 Å². The van der Waals surface area contributed by atoms with Gasteiger partial charge in [-0.3, -0.25) is 4.79 Å². The second-order valence-electron chi connectivity index (χ2n) is 3.70. The molecule has 1 aromatic heterocycles. The molecule has 0 saturated carbocycles. The van der Waals surface area contributed by atoms with Gasteiger partial charge in [0.25, 0.3) is 0 Å². The fourth-order valence-corrected chi connectivity index (χ4v) is 3.02. The molecule has 0 aliphatic rings. The van der Waals surface area contributed by atoms with E-state index >= 15 is 0 Å². The van der Waals surface area contributed by atoms with Gasteiger partial charge in [-0.05, 0) is 30.0 Å². The van der Waals surface area contributed by atoms with Crippen molar-refractivity contribution < 1.29 is 9.90 Å². The summed E-state index contributed by atoms with van der Waals surface area (Å²) in [6, 6.07) is 3.80. The van der Waals surface area contributed by atoms with Crippen LogP contribution in [0.3, 0.4) is 0 Å². The maximum atomic E-state index is 11.6. The highest BCUT2D eigenvalue weighted by Gasteiger charge is 2.07. The average Bonchev–Trinajstić information content (AvgIpc) is 2.78. The standard InChI is InChI=1S/C12H18O2S2/c1-10(6-7-13)15-8-2-4-11(14)12-5-3-9-16-12/h3,5,9-10,13H,2,4,6-8H2,1H3. The maximum absolute atomic E-state index is 11.6. The molecule has 4 heteroatoms. The van der Waals surface area contributed by atoms with Gasteiger partial charge in [0.05, 0.1) is 4.88 Å². The van der Waals surface area contributed by atoms with Crippen molar-refractivity contribution in [3.63, 3.8) is 0 Å². The highest BCUT2D eigenvalue weighted by molar-refractivity contribution is 7.99. The van der Waals surface area contributed by atoms with Gasteiger partial charge in [0.15, 0.2) is 5.78 Å². The highest BCUT2D eigenvalue weighted by atomic mass is 32.2. The van der Waals surface area contributed by atoms with Crippen molar-refractivity contribution in [2.75, 3.05) is 12.4 Å². The van der Waals surface area contributed by atoms with Gasteiger partial charge in [-0.15, -0.1) is 11.3 Å². The maximum Gasteiger partial charge on any atom is 0.172 e. The fourth-order valence-electron chi connectivity index (χ4n) is 1.34. The minimum absolute atomic E-state index is 0.252. The first kappa shape index (κ1) is 13.7. The number of Topliss-reactive ketones (excluding diaryl/α,β-unsaturated/α-hetero) is 1. The molecule has 0 aliphatic carbocycles. The minimum atomic E-state index is 0.252. The Bertz CT molecular complexity index is 296. The molecule has 0 radical (unpaired) electrons. The zero-order valence-corrected chi connectivity index (χ0v) is 11.1. The van der Waals surface area contributed by atoms with Gasteiger partial charge in [0.2, 0.25) is 0 Å². The molecule has 0 aliphatic heterocycles. The number of thiophene rings is 1. The molecule has 1 unspecified atom stereocenters. The number of rotatable bonds is 8. The number of aliphatic hydroxyl groups excluding tert-OH is 1. The molecule has 2 nitrogen and oxygen atoms in total. The fraction of sp³-hybridized carbons (Fsp3) is 0.583. The predicted molar refractivity (Wildman–Crippen MR) is 71.5 cm³/mol. The summed E-state index contributed by atoms with van der Waals surface area (Å²) in [5.74, 6) is 1.25. The number of aliphatic hydroxyl groups is 1. The smallest absolute Gasteiger partial charge is 0.172 e. The molecule has 1 N–H and O–H groups in total. The normalized spacial score (nSPS) is 12.6. The summed E-state index contributed by atoms with van der Waals surface area (Å²) in [6.07, 6.45) is 2.40. The molecular formula is C12H18O2S2. The lowest BCUT2D eigenvalue weighted by Crippen LogP contribution is -2.02. The van der Waals surface area contributed by atoms with Gasteiger partial charge >= 0.3 is 0 Å². The minimum Gasteiger partial charge on any atom is -0.396 e. The quantitative estimate of drug-likeness (QED) is 0.574. The first-order valence-corrected chi connectivity index (χ1v) is 7.46. The van der Waals surface area contributed by atoms with Gasteiger partial charge in [0.1, 0.15) is 0 Å². The Balaban J connectivity index is 2.09. The molecule has 0 spiro atoms. The highest BCUT2D eigenvalue weighted by Crippen LogP contribution is 2.17. The van der Waals surface area contributed by atoms with Crippen molar-refractivity contribution in [1.82, 2.24) is 0 Å². The Kier molecular flexibility index (Phi) is 6.76. The lowest BCUT2D eigenvalue weighted by molar-refractivity contribution is 0.0986. The van der Waals surface area contributed by atoms with Crippen LogP contribution in [0.4, 0.5) is 0 Å². The Morgan fingerprint density at radius 3 is 3.06 bits per heavy atom. The number of hydrogen-bond donors (Lipinski definition) is 1. The van der Waals surface area contributed by atoms with Crippen LogP contribution in [0.1, 0.15) is 35.9 Å². The van der Waals surface area contributed by atoms with Gasteiger partial charge in [-0.25, -0.2) is 0 Å². The first-order valence-electron chi connectivity index (χ1n) is 5.53. The van der Waals surface area contributed by atoms with Crippen molar-refractivity contribution >= 4 is 28.9 Å². The largest absolute Gasteiger partial charge is 0.396 e. The number of thioether (sulfide) groups is 1. The van der Waals surface area contributed by atoms with E-state index in [4.69, 9.17) is 5.11 Å². The van der Waals surface area contributed by atoms with Gasteiger partial charge < -0.3 is 5.11 Å². The molecule has 1 aromatic rings. The zero-order valence-electron chi connectivity index (χ0n) is 9.52. The van der Waals surface area contributed by atoms with Crippen LogP contribution >= 0.6 is 23.1 Å². The molecular weight excluding hydrogens is 240 g/mol. The van der Waals surface area contributed by atoms with Crippen LogP contribution in [-0.2, 0) is 0 Å². The Hall–Kier alpha value is -0.320. The lowest BCUT2D eigenvalue weighted by atomic mass is 10.2. The SMILES string of the molecule is CC(CCO)SCCCC(=O)c1cccs1. The van der Waals surface area contributed by atoms with E-state index in [0.29, 0.717) is 11.7 Å². The summed E-state index contributed by atoms with van der Waals surface area (Å²) in [5, 5.41) is 11.2. The van der Waals surface area contributed by atoms with E-state index in [0.717, 1.165) is 23.5 Å². The topological polar surface area (TPSA) is 37.3 Å². The van der Waals surface area contributed by atoms with Crippen molar-refractivity contribution in [2.45, 2.75) is 31.4 Å². The van der Waals surface area contributed by atoms with Crippen LogP contribution in [0.15, 0.2) is 17.5 Å². The number of carbonyl (C=O) groups is 1. The van der Waals surface area contributed by atoms with E-state index in [2.05, 4.69) is 6.92 Å². The average molecular weight is 258 g/mol. The van der Waals surface area contributed by atoms with Gasteiger partial charge in [0, 0.05) is 18.3 Å². The van der Waals surface area contributed by atoms with Crippen molar-refractivity contribution in [3.8, 4) is 0 Å². The predicted octanol–water partition coefficient (Wildman–Crippen LogP) is 3.22. The third-order valence-electron chi connectivity index (χ3n) is 2.28. The molecule has 1 rings (SSSR count). The molecule has 16 heavy (non-hydrogen) atoms. The summed E-state index contributed by atoms with van der Waals surface area (Å²) < 4.78 is 0. The third kappa shape index (κ3) is 5.14. The van der Waals surface area contributed by atoms with E-state index in [-0.39, 0.29) is 12.4 Å². The van der Waals surface area contributed by atoms with E-state index < -0.39 is 0 Å². The third-order valence-corrected chi connectivity index (χ3v) is 4.52. The molecule has 90 valence electrons. The molecule has 0 amide bonds. The Morgan fingerprint density at radius 1 is 1.62 bits per heavy atom. The van der Waals surface area contributed by atoms with Crippen molar-refractivity contribution in [1.29, 1.82) is 0 Å². The van der Waals surface area contributed by atoms with Crippen molar-refractivity contribution in [3.05, 3.63) is 22.4 Å². The van der Waals surface area contributed by atoms with E-state index in [1.54, 1.807) is 0 Å². The zero-order chi connectivity index (χ0) is 11.8. The Morgan fingerprint density at radius 2 is 2.44 bits per heavy atom. The van der Waals surface area contributed by atoms with E-state index in [9.17, 15) is 4.79 Å². The van der Waals surface area contributed by atoms with E-state index in [1.165, 1.54) is 11.3 Å². The first-order chi connectivity index (χ1) is 7.74. The van der Waals surface area contributed by atoms with Gasteiger partial charge in [-0.1, -0.05) is 13.0 Å². The molecule has 0 saturated heterocycles. The van der Waals surface area contributed by atoms with Crippen LogP contribution in [0.2, 0.25) is 0 Å². The number of carbonyl (C=O) groups excluding carboxylic acids is 1. The summed E-state index contributed by atoms with van der Waals surface area (Å²) in [7, 11) is 0. The van der Waals surface area contributed by atoms with E-state index in [1.807, 2.05) is 29.3 Å². The van der Waals surface area contributed by atoms with Crippen LogP contribution in [0.25, 0.3) is 0 Å². The summed E-state index contributed by atoms with van der Waals surface area (Å²) in [4.78, 5) is 12.5. The molecule has 1 atom stereocenters. The number of ketones is 1. The van der Waals surface area contributed by atoms with Crippen LogP contribution in [0.5, 0.6) is 0 Å². The number of hydrogen-bond acceptors (Lipinski definition) is 4. The van der Waals surface area contributed by atoms with Crippen LogP contribution in [0, 0.1) is 0 Å². The van der Waals surface area contributed by atoms with Crippen LogP contribution in [-0.4, -0.2) is 28.5 Å². The summed E-state index contributed by atoms with van der Waals surface area (Å²) in [5.41, 5.74) is 0. The molecule has 0 bridgehead atoms. The molecule has 0 aromatic carbocycles. The van der Waals surface area contributed by atoms with Gasteiger partial charge in [-0.2, -0.15) is 11.8 Å². The second kappa shape index (κ2) is 7.87. The van der Waals surface area contributed by atoms with Crippen molar-refractivity contribution in [2.24, 2.45) is 0 Å². The summed E-state index contributed by atoms with van der Waals surface area (Å²) >= 11 is 3.35. The summed E-state index contributed by atoms with van der Waals surface area (Å²) in [6.45, 7) is 2.37.